The number of rotatable bonds is 6. The Morgan fingerprint density at radius 3 is 2.50 bits per heavy atom. The molecule has 1 fully saturated rings. The zero-order valence-corrected chi connectivity index (χ0v) is 17.2. The van der Waals surface area contributed by atoms with E-state index in [-0.39, 0.29) is 18.1 Å². The predicted molar refractivity (Wildman–Crippen MR) is 117 cm³/mol. The molecular formula is C22H26N6O2. The first kappa shape index (κ1) is 20.0. The van der Waals surface area contributed by atoms with Crippen LogP contribution < -0.4 is 15.5 Å². The maximum atomic E-state index is 12.2. The lowest BCUT2D eigenvalue weighted by molar-refractivity contribution is -0.00541. The number of amides is 1. The van der Waals surface area contributed by atoms with E-state index in [0.717, 1.165) is 29.9 Å². The van der Waals surface area contributed by atoms with Gasteiger partial charge in [0.2, 0.25) is 0 Å². The van der Waals surface area contributed by atoms with Gasteiger partial charge in [0.25, 0.3) is 5.91 Å². The van der Waals surface area contributed by atoms with Crippen LogP contribution in [0.5, 0.6) is 0 Å². The van der Waals surface area contributed by atoms with E-state index in [1.54, 1.807) is 24.5 Å². The fourth-order valence-corrected chi connectivity index (χ4v) is 3.64. The number of ether oxygens (including phenoxy) is 1. The summed E-state index contributed by atoms with van der Waals surface area (Å²) in [6, 6.07) is 11.3. The Morgan fingerprint density at radius 2 is 1.80 bits per heavy atom. The van der Waals surface area contributed by atoms with E-state index in [2.05, 4.69) is 34.4 Å². The first-order chi connectivity index (χ1) is 14.6. The Bertz CT molecular complexity index is 1000. The number of anilines is 2. The Balaban J connectivity index is 1.48. The van der Waals surface area contributed by atoms with Crippen molar-refractivity contribution < 1.29 is 9.53 Å². The van der Waals surface area contributed by atoms with E-state index < -0.39 is 0 Å². The summed E-state index contributed by atoms with van der Waals surface area (Å²) in [5, 5.41) is 6.25. The van der Waals surface area contributed by atoms with Crippen molar-refractivity contribution in [3.05, 3.63) is 54.4 Å². The minimum Gasteiger partial charge on any atom is -0.372 e. The highest BCUT2D eigenvalue weighted by Crippen LogP contribution is 2.27. The molecule has 0 bridgehead atoms. The SMILES string of the molecule is CC1CN(c2nc3ccccc3nc2NCCNC(=O)c2cccnc2)CC(C)O1. The monoisotopic (exact) mass is 406 g/mol. The van der Waals surface area contributed by atoms with Crippen LogP contribution in [0.25, 0.3) is 11.0 Å². The normalized spacial score (nSPS) is 18.9. The molecule has 8 nitrogen and oxygen atoms in total. The maximum absolute atomic E-state index is 12.2. The van der Waals surface area contributed by atoms with Crippen LogP contribution in [0.3, 0.4) is 0 Å². The van der Waals surface area contributed by atoms with Gasteiger partial charge in [-0.2, -0.15) is 0 Å². The second kappa shape index (κ2) is 9.04. The molecule has 3 heterocycles. The molecule has 8 heteroatoms. The largest absolute Gasteiger partial charge is 0.372 e. The summed E-state index contributed by atoms with van der Waals surface area (Å²) in [6.07, 6.45) is 3.43. The van der Waals surface area contributed by atoms with E-state index in [0.29, 0.717) is 24.5 Å². The minimum atomic E-state index is -0.148. The highest BCUT2D eigenvalue weighted by molar-refractivity contribution is 5.93. The van der Waals surface area contributed by atoms with Gasteiger partial charge in [0, 0.05) is 38.6 Å². The first-order valence-corrected chi connectivity index (χ1v) is 10.2. The van der Waals surface area contributed by atoms with Gasteiger partial charge in [-0.25, -0.2) is 9.97 Å². The topological polar surface area (TPSA) is 92.3 Å². The number of hydrogen-bond donors (Lipinski definition) is 2. The van der Waals surface area contributed by atoms with Crippen molar-refractivity contribution in [2.75, 3.05) is 36.4 Å². The molecule has 1 aliphatic rings. The first-order valence-electron chi connectivity index (χ1n) is 10.2. The van der Waals surface area contributed by atoms with Crippen molar-refractivity contribution in [2.24, 2.45) is 0 Å². The Hall–Kier alpha value is -3.26. The van der Waals surface area contributed by atoms with Crippen LogP contribution in [0.1, 0.15) is 24.2 Å². The average Bonchev–Trinajstić information content (AvgIpc) is 2.76. The van der Waals surface area contributed by atoms with Gasteiger partial charge in [-0.05, 0) is 38.1 Å². The van der Waals surface area contributed by atoms with Gasteiger partial charge >= 0.3 is 0 Å². The third-order valence-electron chi connectivity index (χ3n) is 4.90. The van der Waals surface area contributed by atoms with Gasteiger partial charge in [-0.1, -0.05) is 12.1 Å². The molecule has 1 amide bonds. The van der Waals surface area contributed by atoms with Crippen molar-refractivity contribution in [2.45, 2.75) is 26.1 Å². The lowest BCUT2D eigenvalue weighted by Crippen LogP contribution is -2.46. The molecule has 3 aromatic rings. The molecule has 1 aromatic carbocycles. The fourth-order valence-electron chi connectivity index (χ4n) is 3.64. The molecule has 2 atom stereocenters. The van der Waals surface area contributed by atoms with Crippen molar-refractivity contribution >= 4 is 28.6 Å². The van der Waals surface area contributed by atoms with Crippen LogP contribution in [-0.2, 0) is 4.74 Å². The molecule has 156 valence electrons. The van der Waals surface area contributed by atoms with Crippen LogP contribution in [0, 0.1) is 0 Å². The summed E-state index contributed by atoms with van der Waals surface area (Å²) in [4.78, 5) is 28.1. The average molecular weight is 406 g/mol. The number of pyridine rings is 1. The van der Waals surface area contributed by atoms with Crippen molar-refractivity contribution in [1.29, 1.82) is 0 Å². The van der Waals surface area contributed by atoms with Gasteiger partial charge in [0.05, 0.1) is 28.8 Å². The van der Waals surface area contributed by atoms with Gasteiger partial charge < -0.3 is 20.3 Å². The molecule has 2 aromatic heterocycles. The standard InChI is InChI=1S/C22H26N6O2/c1-15-13-28(14-16(2)30-15)21-20(26-18-7-3-4-8-19(18)27-21)24-10-11-25-22(29)17-6-5-9-23-12-17/h3-9,12,15-16H,10-11,13-14H2,1-2H3,(H,24,26)(H,25,29). The molecule has 2 unspecified atom stereocenters. The van der Waals surface area contributed by atoms with Crippen molar-refractivity contribution in [3.8, 4) is 0 Å². The minimum absolute atomic E-state index is 0.119. The third kappa shape index (κ3) is 4.65. The van der Waals surface area contributed by atoms with E-state index in [1.807, 2.05) is 24.3 Å². The molecule has 2 N–H and O–H groups in total. The lowest BCUT2D eigenvalue weighted by atomic mass is 10.2. The van der Waals surface area contributed by atoms with Gasteiger partial charge in [-0.3, -0.25) is 9.78 Å². The Kier molecular flexibility index (Phi) is 6.04. The molecule has 30 heavy (non-hydrogen) atoms. The van der Waals surface area contributed by atoms with E-state index >= 15 is 0 Å². The summed E-state index contributed by atoms with van der Waals surface area (Å²) in [7, 11) is 0. The molecule has 1 aliphatic heterocycles. The summed E-state index contributed by atoms with van der Waals surface area (Å²) in [5.74, 6) is 1.38. The second-order valence-corrected chi connectivity index (χ2v) is 7.47. The number of nitrogens with one attached hydrogen (secondary N) is 2. The molecule has 1 saturated heterocycles. The molecular weight excluding hydrogens is 380 g/mol. The number of fused-ring (bicyclic) bond motifs is 1. The number of nitrogens with zero attached hydrogens (tertiary/aromatic N) is 4. The number of carbonyl (C=O) groups excluding carboxylic acids is 1. The highest BCUT2D eigenvalue weighted by atomic mass is 16.5. The van der Waals surface area contributed by atoms with Crippen LogP contribution >= 0.6 is 0 Å². The predicted octanol–water partition coefficient (Wildman–Crippen LogP) is 2.48. The van der Waals surface area contributed by atoms with Crippen LogP contribution in [-0.4, -0.2) is 59.2 Å². The Labute approximate surface area is 175 Å². The van der Waals surface area contributed by atoms with E-state index in [4.69, 9.17) is 14.7 Å². The number of benzene rings is 1. The van der Waals surface area contributed by atoms with Gasteiger partial charge in [0.1, 0.15) is 0 Å². The van der Waals surface area contributed by atoms with Crippen molar-refractivity contribution in [3.63, 3.8) is 0 Å². The van der Waals surface area contributed by atoms with Crippen LogP contribution in [0.2, 0.25) is 0 Å². The quantitative estimate of drug-likeness (QED) is 0.608. The summed E-state index contributed by atoms with van der Waals surface area (Å²) in [6.45, 7) is 6.63. The van der Waals surface area contributed by atoms with Crippen LogP contribution in [0.15, 0.2) is 48.8 Å². The lowest BCUT2D eigenvalue weighted by Gasteiger charge is -2.36. The molecule has 4 rings (SSSR count). The fraction of sp³-hybridized carbons (Fsp3) is 0.364. The molecule has 0 saturated carbocycles. The summed E-state index contributed by atoms with van der Waals surface area (Å²) < 4.78 is 5.87. The number of aromatic nitrogens is 3. The zero-order valence-electron chi connectivity index (χ0n) is 17.2. The maximum Gasteiger partial charge on any atom is 0.252 e. The molecule has 0 radical (unpaired) electrons. The highest BCUT2D eigenvalue weighted by Gasteiger charge is 2.26. The number of hydrogen-bond acceptors (Lipinski definition) is 7. The van der Waals surface area contributed by atoms with Gasteiger partial charge in [-0.15, -0.1) is 0 Å². The van der Waals surface area contributed by atoms with Crippen LogP contribution in [0.4, 0.5) is 11.6 Å². The van der Waals surface area contributed by atoms with Crippen molar-refractivity contribution in [1.82, 2.24) is 20.3 Å². The summed E-state index contributed by atoms with van der Waals surface area (Å²) in [5.41, 5.74) is 2.23. The van der Waals surface area contributed by atoms with E-state index in [1.165, 1.54) is 0 Å². The number of carbonyl (C=O) groups is 1. The second-order valence-electron chi connectivity index (χ2n) is 7.47. The number of morpholine rings is 1. The number of para-hydroxylation sites is 2. The zero-order chi connectivity index (χ0) is 20.9. The summed E-state index contributed by atoms with van der Waals surface area (Å²) >= 11 is 0. The van der Waals surface area contributed by atoms with Gasteiger partial charge in [0.15, 0.2) is 11.6 Å². The molecule has 0 spiro atoms. The molecule has 0 aliphatic carbocycles. The van der Waals surface area contributed by atoms with E-state index in [9.17, 15) is 4.79 Å². The smallest absolute Gasteiger partial charge is 0.252 e. The Morgan fingerprint density at radius 1 is 1.07 bits per heavy atom. The third-order valence-corrected chi connectivity index (χ3v) is 4.90.